The number of aryl methyl sites for hydroxylation is 1. The molecule has 2 bridgehead atoms. The van der Waals surface area contributed by atoms with Crippen molar-refractivity contribution in [3.8, 4) is 0 Å². The molecule has 1 amide bonds. The zero-order valence-electron chi connectivity index (χ0n) is 12.8. The number of rotatable bonds is 4. The van der Waals surface area contributed by atoms with Crippen LogP contribution in [0.25, 0.3) is 0 Å². The fourth-order valence-corrected chi connectivity index (χ4v) is 3.99. The van der Waals surface area contributed by atoms with Crippen molar-refractivity contribution in [3.05, 3.63) is 33.8 Å². The quantitative estimate of drug-likeness (QED) is 0.906. The van der Waals surface area contributed by atoms with Crippen LogP contribution in [-0.4, -0.2) is 36.0 Å². The number of hydrogen-bond acceptors (Lipinski definition) is 2. The normalized spacial score (nSPS) is 27.0. The van der Waals surface area contributed by atoms with Crippen LogP contribution >= 0.6 is 23.2 Å². The Hall–Kier alpha value is -0.770. The molecule has 2 heterocycles. The van der Waals surface area contributed by atoms with Gasteiger partial charge >= 0.3 is 0 Å². The van der Waals surface area contributed by atoms with E-state index in [0.717, 1.165) is 18.4 Å². The minimum atomic E-state index is 0.220. The number of hydrogen-bond donors (Lipinski definition) is 1. The number of piperidine rings is 1. The number of nitrogens with one attached hydrogen (secondary N) is 1. The lowest BCUT2D eigenvalue weighted by Crippen LogP contribution is -2.48. The van der Waals surface area contributed by atoms with Gasteiger partial charge in [-0.2, -0.15) is 0 Å². The molecule has 0 radical (unpaired) electrons. The first-order chi connectivity index (χ1) is 10.5. The number of nitrogens with zero attached hydrogens (tertiary/aromatic N) is 1. The largest absolute Gasteiger partial charge is 0.343 e. The van der Waals surface area contributed by atoms with Crippen LogP contribution in [0.5, 0.6) is 0 Å². The first-order valence-corrected chi connectivity index (χ1v) is 8.74. The van der Waals surface area contributed by atoms with Gasteiger partial charge in [-0.25, -0.2) is 0 Å². The summed E-state index contributed by atoms with van der Waals surface area (Å²) in [6.07, 6.45) is 5.92. The molecular formula is C17H22Cl2N2O. The highest BCUT2D eigenvalue weighted by Gasteiger charge is 2.36. The molecule has 2 aliphatic heterocycles. The Morgan fingerprint density at radius 3 is 2.55 bits per heavy atom. The van der Waals surface area contributed by atoms with Crippen LogP contribution in [0.4, 0.5) is 0 Å². The average molecular weight is 341 g/mol. The SMILES string of the molecule is CN(C(=O)CCc1ccc(Cl)c(Cl)c1)C1CC2CCC(C1)N2. The van der Waals surface area contributed by atoms with Crippen LogP contribution in [-0.2, 0) is 11.2 Å². The van der Waals surface area contributed by atoms with Gasteiger partial charge in [-0.05, 0) is 49.8 Å². The summed E-state index contributed by atoms with van der Waals surface area (Å²) in [5.41, 5.74) is 1.06. The molecule has 2 fully saturated rings. The summed E-state index contributed by atoms with van der Waals surface area (Å²) in [4.78, 5) is 14.4. The average Bonchev–Trinajstić information content (AvgIpc) is 2.85. The molecule has 2 aliphatic rings. The van der Waals surface area contributed by atoms with E-state index in [9.17, 15) is 4.79 Å². The van der Waals surface area contributed by atoms with Crippen molar-refractivity contribution in [1.82, 2.24) is 10.2 Å². The third-order valence-corrected chi connectivity index (χ3v) is 5.74. The molecule has 2 saturated heterocycles. The lowest BCUT2D eigenvalue weighted by Gasteiger charge is -2.35. The van der Waals surface area contributed by atoms with E-state index in [2.05, 4.69) is 5.32 Å². The molecule has 1 N–H and O–H groups in total. The Morgan fingerprint density at radius 1 is 1.23 bits per heavy atom. The van der Waals surface area contributed by atoms with E-state index in [1.54, 1.807) is 6.07 Å². The van der Waals surface area contributed by atoms with E-state index in [-0.39, 0.29) is 5.91 Å². The van der Waals surface area contributed by atoms with Crippen molar-refractivity contribution >= 4 is 29.1 Å². The molecule has 1 aromatic carbocycles. The summed E-state index contributed by atoms with van der Waals surface area (Å²) in [5, 5.41) is 4.72. The van der Waals surface area contributed by atoms with Gasteiger partial charge in [-0.3, -0.25) is 4.79 Å². The third kappa shape index (κ3) is 3.58. The molecule has 22 heavy (non-hydrogen) atoms. The van der Waals surface area contributed by atoms with Crippen LogP contribution in [0.3, 0.4) is 0 Å². The van der Waals surface area contributed by atoms with E-state index in [1.807, 2.05) is 24.1 Å². The molecule has 2 atom stereocenters. The molecule has 2 unspecified atom stereocenters. The van der Waals surface area contributed by atoms with Crippen LogP contribution < -0.4 is 5.32 Å². The van der Waals surface area contributed by atoms with E-state index >= 15 is 0 Å². The monoisotopic (exact) mass is 340 g/mol. The summed E-state index contributed by atoms with van der Waals surface area (Å²) in [6.45, 7) is 0. The van der Waals surface area contributed by atoms with Crippen LogP contribution in [0, 0.1) is 0 Å². The number of benzene rings is 1. The molecule has 3 rings (SSSR count). The molecule has 0 aromatic heterocycles. The number of fused-ring (bicyclic) bond motifs is 2. The minimum Gasteiger partial charge on any atom is -0.343 e. The number of halogens is 2. The first-order valence-electron chi connectivity index (χ1n) is 7.98. The van der Waals surface area contributed by atoms with Crippen molar-refractivity contribution in [2.75, 3.05) is 7.05 Å². The molecule has 1 aromatic rings. The second kappa shape index (κ2) is 6.77. The topological polar surface area (TPSA) is 32.3 Å². The summed E-state index contributed by atoms with van der Waals surface area (Å²) in [5.74, 6) is 0.220. The highest BCUT2D eigenvalue weighted by Crippen LogP contribution is 2.29. The van der Waals surface area contributed by atoms with Crippen LogP contribution in [0.15, 0.2) is 18.2 Å². The molecular weight excluding hydrogens is 319 g/mol. The Balaban J connectivity index is 1.53. The van der Waals surface area contributed by atoms with Crippen molar-refractivity contribution in [2.45, 2.75) is 56.7 Å². The van der Waals surface area contributed by atoms with Gasteiger partial charge in [-0.1, -0.05) is 29.3 Å². The molecule has 3 nitrogen and oxygen atoms in total. The minimum absolute atomic E-state index is 0.220. The second-order valence-corrected chi connectivity index (χ2v) is 7.33. The molecule has 0 saturated carbocycles. The molecule has 120 valence electrons. The Bertz CT molecular complexity index is 552. The number of carbonyl (C=O) groups is 1. The number of carbonyl (C=O) groups excluding carboxylic acids is 1. The maximum absolute atomic E-state index is 12.4. The first kappa shape index (κ1) is 16.1. The van der Waals surface area contributed by atoms with E-state index in [4.69, 9.17) is 23.2 Å². The van der Waals surface area contributed by atoms with Crippen LogP contribution in [0.1, 0.15) is 37.7 Å². The zero-order chi connectivity index (χ0) is 15.7. The van der Waals surface area contributed by atoms with E-state index in [0.29, 0.717) is 41.0 Å². The maximum atomic E-state index is 12.4. The molecule has 0 aliphatic carbocycles. The Labute approximate surface area is 142 Å². The molecule has 0 spiro atoms. The lowest BCUT2D eigenvalue weighted by molar-refractivity contribution is -0.132. The predicted octanol–water partition coefficient (Wildman–Crippen LogP) is 3.67. The van der Waals surface area contributed by atoms with Gasteiger partial charge in [0.15, 0.2) is 0 Å². The van der Waals surface area contributed by atoms with Crippen molar-refractivity contribution < 1.29 is 4.79 Å². The summed E-state index contributed by atoms with van der Waals surface area (Å²) >= 11 is 11.9. The fourth-order valence-electron chi connectivity index (χ4n) is 3.67. The van der Waals surface area contributed by atoms with Gasteiger partial charge < -0.3 is 10.2 Å². The number of amides is 1. The maximum Gasteiger partial charge on any atom is 0.222 e. The summed E-state index contributed by atoms with van der Waals surface area (Å²) in [7, 11) is 1.95. The third-order valence-electron chi connectivity index (χ3n) is 5.00. The Morgan fingerprint density at radius 2 is 1.91 bits per heavy atom. The van der Waals surface area contributed by atoms with Gasteiger partial charge in [-0.15, -0.1) is 0 Å². The van der Waals surface area contributed by atoms with E-state index in [1.165, 1.54) is 12.8 Å². The van der Waals surface area contributed by atoms with Crippen molar-refractivity contribution in [3.63, 3.8) is 0 Å². The zero-order valence-corrected chi connectivity index (χ0v) is 14.3. The van der Waals surface area contributed by atoms with Gasteiger partial charge in [0.2, 0.25) is 5.91 Å². The lowest BCUT2D eigenvalue weighted by atomic mass is 9.98. The Kier molecular flexibility index (Phi) is 4.96. The standard InChI is InChI=1S/C17H22Cl2N2O/c1-21(14-9-12-4-5-13(10-14)20-12)17(22)7-3-11-2-6-15(18)16(19)8-11/h2,6,8,12-14,20H,3-5,7,9-10H2,1H3. The van der Waals surface area contributed by atoms with Crippen molar-refractivity contribution in [1.29, 1.82) is 0 Å². The summed E-state index contributed by atoms with van der Waals surface area (Å²) in [6, 6.07) is 7.18. The van der Waals surface area contributed by atoms with Crippen molar-refractivity contribution in [2.24, 2.45) is 0 Å². The predicted molar refractivity (Wildman–Crippen MR) is 90.5 cm³/mol. The fraction of sp³-hybridized carbons (Fsp3) is 0.588. The van der Waals surface area contributed by atoms with Gasteiger partial charge in [0, 0.05) is 31.6 Å². The highest BCUT2D eigenvalue weighted by molar-refractivity contribution is 6.42. The van der Waals surface area contributed by atoms with E-state index < -0.39 is 0 Å². The van der Waals surface area contributed by atoms with Gasteiger partial charge in [0.1, 0.15) is 0 Å². The smallest absolute Gasteiger partial charge is 0.222 e. The van der Waals surface area contributed by atoms with Gasteiger partial charge in [0.25, 0.3) is 0 Å². The molecule has 5 heteroatoms. The highest BCUT2D eigenvalue weighted by atomic mass is 35.5. The summed E-state index contributed by atoms with van der Waals surface area (Å²) < 4.78 is 0. The van der Waals surface area contributed by atoms with Crippen LogP contribution in [0.2, 0.25) is 10.0 Å². The van der Waals surface area contributed by atoms with Gasteiger partial charge in [0.05, 0.1) is 10.0 Å². The second-order valence-electron chi connectivity index (χ2n) is 6.52.